The maximum Gasteiger partial charge on any atom is 0.254 e. The molecule has 24 heavy (non-hydrogen) atoms. The summed E-state index contributed by atoms with van der Waals surface area (Å²) in [4.78, 5) is 21.6. The highest BCUT2D eigenvalue weighted by Crippen LogP contribution is 2.26. The summed E-state index contributed by atoms with van der Waals surface area (Å²) in [5.41, 5.74) is 1.59. The van der Waals surface area contributed by atoms with Gasteiger partial charge < -0.3 is 10.0 Å². The maximum absolute atomic E-state index is 12.9. The largest absolute Gasteiger partial charge is 0.391 e. The third-order valence-corrected chi connectivity index (χ3v) is 5.39. The van der Waals surface area contributed by atoms with Crippen molar-refractivity contribution in [2.75, 3.05) is 26.2 Å². The Morgan fingerprint density at radius 1 is 1.08 bits per heavy atom. The van der Waals surface area contributed by atoms with Gasteiger partial charge in [0.15, 0.2) is 0 Å². The molecular weight excluding hydrogens is 302 g/mol. The summed E-state index contributed by atoms with van der Waals surface area (Å²) in [6.07, 6.45) is 4.64. The van der Waals surface area contributed by atoms with E-state index in [-0.39, 0.29) is 18.1 Å². The molecule has 2 aromatic rings. The number of aliphatic hydroxyl groups excluding tert-OH is 1. The smallest absolute Gasteiger partial charge is 0.254 e. The molecule has 0 bridgehead atoms. The monoisotopic (exact) mass is 325 g/mol. The number of benzene rings is 1. The van der Waals surface area contributed by atoms with Crippen LogP contribution in [-0.4, -0.2) is 64.1 Å². The minimum atomic E-state index is -0.198. The van der Waals surface area contributed by atoms with E-state index < -0.39 is 0 Å². The quantitative estimate of drug-likeness (QED) is 0.916. The van der Waals surface area contributed by atoms with Crippen LogP contribution in [0, 0.1) is 0 Å². The fourth-order valence-electron chi connectivity index (χ4n) is 4.06. The number of aliphatic hydroxyl groups is 1. The average molecular weight is 325 g/mol. The van der Waals surface area contributed by atoms with Crippen LogP contribution >= 0.6 is 0 Å². The predicted molar refractivity (Wildman–Crippen MR) is 92.9 cm³/mol. The SMILES string of the molecule is O=C(c1cccc2ncccc12)N1CCN([C@@H]2CCC[C@@H]2O)CC1. The van der Waals surface area contributed by atoms with Gasteiger partial charge in [-0.3, -0.25) is 14.7 Å². The zero-order valence-electron chi connectivity index (χ0n) is 13.8. The molecule has 2 fully saturated rings. The summed E-state index contributed by atoms with van der Waals surface area (Å²) in [6, 6.07) is 9.83. The number of piperazine rings is 1. The third-order valence-electron chi connectivity index (χ3n) is 5.39. The number of amides is 1. The van der Waals surface area contributed by atoms with Gasteiger partial charge in [-0.15, -0.1) is 0 Å². The number of nitrogens with zero attached hydrogens (tertiary/aromatic N) is 3. The van der Waals surface area contributed by atoms with Crippen molar-refractivity contribution in [2.45, 2.75) is 31.4 Å². The van der Waals surface area contributed by atoms with E-state index in [1.165, 1.54) is 0 Å². The minimum Gasteiger partial charge on any atom is -0.391 e. The third kappa shape index (κ3) is 2.78. The lowest BCUT2D eigenvalue weighted by atomic mass is 10.1. The normalized spacial score (nSPS) is 25.3. The van der Waals surface area contributed by atoms with E-state index in [0.29, 0.717) is 0 Å². The number of rotatable bonds is 2. The van der Waals surface area contributed by atoms with Gasteiger partial charge in [0.05, 0.1) is 11.6 Å². The van der Waals surface area contributed by atoms with Gasteiger partial charge in [-0.2, -0.15) is 0 Å². The number of carbonyl (C=O) groups excluding carboxylic acids is 1. The second-order valence-electron chi connectivity index (χ2n) is 6.77. The highest BCUT2D eigenvalue weighted by molar-refractivity contribution is 6.06. The molecule has 1 saturated carbocycles. The van der Waals surface area contributed by atoms with Crippen molar-refractivity contribution in [3.63, 3.8) is 0 Å². The van der Waals surface area contributed by atoms with E-state index in [4.69, 9.17) is 0 Å². The summed E-state index contributed by atoms with van der Waals surface area (Å²) in [5, 5.41) is 11.0. The predicted octanol–water partition coefficient (Wildman–Crippen LogP) is 1.91. The van der Waals surface area contributed by atoms with Crippen LogP contribution in [0.2, 0.25) is 0 Å². The minimum absolute atomic E-state index is 0.0835. The summed E-state index contributed by atoms with van der Waals surface area (Å²) in [6.45, 7) is 3.13. The van der Waals surface area contributed by atoms with E-state index in [9.17, 15) is 9.90 Å². The van der Waals surface area contributed by atoms with Gasteiger partial charge in [-0.25, -0.2) is 0 Å². The van der Waals surface area contributed by atoms with Crippen LogP contribution in [0.1, 0.15) is 29.6 Å². The van der Waals surface area contributed by atoms with Crippen molar-refractivity contribution in [3.05, 3.63) is 42.1 Å². The molecule has 2 heterocycles. The highest BCUT2D eigenvalue weighted by Gasteiger charge is 2.33. The molecule has 1 aromatic heterocycles. The molecule has 0 spiro atoms. The van der Waals surface area contributed by atoms with Crippen molar-refractivity contribution in [2.24, 2.45) is 0 Å². The zero-order valence-corrected chi connectivity index (χ0v) is 13.8. The summed E-state index contributed by atoms with van der Waals surface area (Å²) in [7, 11) is 0. The number of carbonyl (C=O) groups is 1. The number of fused-ring (bicyclic) bond motifs is 1. The molecule has 1 aromatic carbocycles. The molecule has 2 atom stereocenters. The first-order valence-corrected chi connectivity index (χ1v) is 8.79. The molecule has 1 aliphatic carbocycles. The average Bonchev–Trinajstić information content (AvgIpc) is 3.07. The second kappa shape index (κ2) is 6.49. The van der Waals surface area contributed by atoms with Gasteiger partial charge in [0, 0.05) is 49.4 Å². The standard InChI is InChI=1S/C19H23N3O2/c23-18-8-2-7-17(18)21-10-12-22(13-11-21)19(24)15-4-1-6-16-14(15)5-3-9-20-16/h1,3-6,9,17-18,23H,2,7-8,10-13H2/t17-,18+/m1/s1. The lowest BCUT2D eigenvalue weighted by molar-refractivity contribution is 0.0316. The van der Waals surface area contributed by atoms with Gasteiger partial charge in [0.1, 0.15) is 0 Å². The molecule has 5 nitrogen and oxygen atoms in total. The number of hydrogen-bond donors (Lipinski definition) is 1. The Morgan fingerprint density at radius 2 is 1.92 bits per heavy atom. The van der Waals surface area contributed by atoms with Crippen LogP contribution in [0.3, 0.4) is 0 Å². The van der Waals surface area contributed by atoms with Gasteiger partial charge in [0.25, 0.3) is 5.91 Å². The number of pyridine rings is 1. The fourth-order valence-corrected chi connectivity index (χ4v) is 4.06. The van der Waals surface area contributed by atoms with E-state index in [1.54, 1.807) is 6.20 Å². The molecule has 1 amide bonds. The molecule has 2 aliphatic rings. The Balaban J connectivity index is 1.48. The number of aromatic nitrogens is 1. The second-order valence-corrected chi connectivity index (χ2v) is 6.77. The van der Waals surface area contributed by atoms with E-state index in [0.717, 1.165) is 61.9 Å². The van der Waals surface area contributed by atoms with E-state index in [1.807, 2.05) is 35.2 Å². The summed E-state index contributed by atoms with van der Waals surface area (Å²) >= 11 is 0. The van der Waals surface area contributed by atoms with Crippen LogP contribution in [0.4, 0.5) is 0 Å². The number of hydrogen-bond acceptors (Lipinski definition) is 4. The van der Waals surface area contributed by atoms with E-state index in [2.05, 4.69) is 9.88 Å². The molecule has 0 radical (unpaired) electrons. The molecule has 126 valence electrons. The lowest BCUT2D eigenvalue weighted by Crippen LogP contribution is -2.53. The van der Waals surface area contributed by atoms with Crippen molar-refractivity contribution in [1.82, 2.24) is 14.8 Å². The molecule has 1 aliphatic heterocycles. The lowest BCUT2D eigenvalue weighted by Gasteiger charge is -2.39. The van der Waals surface area contributed by atoms with Crippen LogP contribution in [0.15, 0.2) is 36.5 Å². The van der Waals surface area contributed by atoms with Gasteiger partial charge in [-0.1, -0.05) is 12.1 Å². The molecular formula is C19H23N3O2. The van der Waals surface area contributed by atoms with Gasteiger partial charge in [0.2, 0.25) is 0 Å². The fraction of sp³-hybridized carbons (Fsp3) is 0.474. The molecule has 1 saturated heterocycles. The van der Waals surface area contributed by atoms with Crippen LogP contribution in [0.5, 0.6) is 0 Å². The van der Waals surface area contributed by atoms with Crippen LogP contribution < -0.4 is 0 Å². The van der Waals surface area contributed by atoms with Gasteiger partial charge in [-0.05, 0) is 37.5 Å². The van der Waals surface area contributed by atoms with Crippen LogP contribution in [0.25, 0.3) is 10.9 Å². The highest BCUT2D eigenvalue weighted by atomic mass is 16.3. The van der Waals surface area contributed by atoms with Gasteiger partial charge >= 0.3 is 0 Å². The first kappa shape index (κ1) is 15.5. The zero-order chi connectivity index (χ0) is 16.5. The Kier molecular flexibility index (Phi) is 4.21. The summed E-state index contributed by atoms with van der Waals surface area (Å²) in [5.74, 6) is 0.0835. The molecule has 0 unspecified atom stereocenters. The molecule has 4 rings (SSSR count). The van der Waals surface area contributed by atoms with Crippen LogP contribution in [-0.2, 0) is 0 Å². The molecule has 1 N–H and O–H groups in total. The van der Waals surface area contributed by atoms with Crippen molar-refractivity contribution >= 4 is 16.8 Å². The van der Waals surface area contributed by atoms with Crippen molar-refractivity contribution in [3.8, 4) is 0 Å². The Hall–Kier alpha value is -1.98. The van der Waals surface area contributed by atoms with E-state index >= 15 is 0 Å². The summed E-state index contributed by atoms with van der Waals surface area (Å²) < 4.78 is 0. The Morgan fingerprint density at radius 3 is 2.67 bits per heavy atom. The van der Waals surface area contributed by atoms with Crippen molar-refractivity contribution in [1.29, 1.82) is 0 Å². The maximum atomic E-state index is 12.9. The first-order valence-electron chi connectivity index (χ1n) is 8.79. The van der Waals surface area contributed by atoms with Crippen molar-refractivity contribution < 1.29 is 9.90 Å². The molecule has 5 heteroatoms. The Labute approximate surface area is 141 Å². The first-order chi connectivity index (χ1) is 11.7. The topological polar surface area (TPSA) is 56.7 Å². The Bertz CT molecular complexity index is 735.